The number of rotatable bonds is 7. The summed E-state index contributed by atoms with van der Waals surface area (Å²) in [4.78, 5) is 10.9. The number of nitrogens with zero attached hydrogens (tertiary/aromatic N) is 2. The summed E-state index contributed by atoms with van der Waals surface area (Å²) in [5.74, 6) is -3.38. The van der Waals surface area contributed by atoms with E-state index in [0.29, 0.717) is 0 Å². The van der Waals surface area contributed by atoms with Crippen LogP contribution in [0.4, 0.5) is 17.6 Å². The van der Waals surface area contributed by atoms with Crippen LogP contribution < -0.4 is 4.74 Å². The lowest BCUT2D eigenvalue weighted by atomic mass is 9.83. The van der Waals surface area contributed by atoms with Crippen LogP contribution in [-0.2, 0) is 19.6 Å². The third-order valence-corrected chi connectivity index (χ3v) is 7.39. The number of benzene rings is 2. The van der Waals surface area contributed by atoms with Gasteiger partial charge in [-0.05, 0) is 30.3 Å². The molecule has 1 heterocycles. The molecule has 0 atom stereocenters. The Bertz CT molecular complexity index is 1260. The largest absolute Gasteiger partial charge is 0.493 e. The Labute approximate surface area is 201 Å². The van der Waals surface area contributed by atoms with Crippen LogP contribution in [0, 0.1) is 22.6 Å². The van der Waals surface area contributed by atoms with Gasteiger partial charge in [-0.15, -0.1) is 0 Å². The first kappa shape index (κ1) is 26.0. The van der Waals surface area contributed by atoms with Gasteiger partial charge in [-0.3, -0.25) is 0 Å². The molecule has 0 aliphatic carbocycles. The first-order valence-corrected chi connectivity index (χ1v) is 11.5. The summed E-state index contributed by atoms with van der Waals surface area (Å²) in [6.45, 7) is -1.98. The van der Waals surface area contributed by atoms with Crippen LogP contribution in [-0.4, -0.2) is 51.2 Å². The van der Waals surface area contributed by atoms with E-state index in [0.717, 1.165) is 16.4 Å². The standard InChI is InChI=1S/C20H14Cl2F4N2O5S/c21-13-2-4-17(15(22)5-13)34(30,31)28-8-19(9-28,11-33-18(29)20(24,25)26)10-32-14-3-1-12(7-27)16(23)6-14/h1-6H,8-11H2. The van der Waals surface area contributed by atoms with E-state index in [1.807, 2.05) is 0 Å². The van der Waals surface area contributed by atoms with E-state index >= 15 is 0 Å². The van der Waals surface area contributed by atoms with Crippen molar-refractivity contribution in [3.8, 4) is 11.8 Å². The van der Waals surface area contributed by atoms with Crippen molar-refractivity contribution in [1.82, 2.24) is 4.31 Å². The molecule has 0 bridgehead atoms. The van der Waals surface area contributed by atoms with Crippen molar-refractivity contribution in [2.24, 2.45) is 5.41 Å². The minimum absolute atomic E-state index is 0.0555. The van der Waals surface area contributed by atoms with E-state index in [-0.39, 0.29) is 39.3 Å². The van der Waals surface area contributed by atoms with Gasteiger partial charge < -0.3 is 9.47 Å². The second-order valence-electron chi connectivity index (χ2n) is 7.46. The third-order valence-electron chi connectivity index (χ3n) is 4.88. The predicted octanol–water partition coefficient (Wildman–Crippen LogP) is 4.18. The highest BCUT2D eigenvalue weighted by Crippen LogP contribution is 2.38. The zero-order valence-electron chi connectivity index (χ0n) is 16.9. The molecular weight excluding hydrogens is 527 g/mol. The summed E-state index contributed by atoms with van der Waals surface area (Å²) in [5.41, 5.74) is -1.61. The number of hydrogen-bond donors (Lipinski definition) is 0. The number of nitriles is 1. The Kier molecular flexibility index (Phi) is 7.33. The van der Waals surface area contributed by atoms with Crippen molar-refractivity contribution in [1.29, 1.82) is 5.26 Å². The van der Waals surface area contributed by atoms with Gasteiger partial charge in [-0.1, -0.05) is 23.2 Å². The lowest BCUT2D eigenvalue weighted by Gasteiger charge is -2.48. The smallest absolute Gasteiger partial charge is 0.490 e. The molecule has 2 aromatic rings. The molecule has 1 fully saturated rings. The van der Waals surface area contributed by atoms with Gasteiger partial charge in [0, 0.05) is 24.2 Å². The summed E-state index contributed by atoms with van der Waals surface area (Å²) in [5, 5.41) is 8.83. The average molecular weight is 541 g/mol. The summed E-state index contributed by atoms with van der Waals surface area (Å²) in [6, 6.07) is 8.63. The molecule has 3 rings (SSSR count). The summed E-state index contributed by atoms with van der Waals surface area (Å²) < 4.78 is 88.1. The van der Waals surface area contributed by atoms with Crippen LogP contribution in [0.25, 0.3) is 0 Å². The fourth-order valence-electron chi connectivity index (χ4n) is 3.13. The first-order valence-electron chi connectivity index (χ1n) is 9.29. The average Bonchev–Trinajstić information content (AvgIpc) is 2.71. The van der Waals surface area contributed by atoms with E-state index in [9.17, 15) is 30.8 Å². The van der Waals surface area contributed by atoms with E-state index in [2.05, 4.69) is 4.74 Å². The molecule has 1 aliphatic heterocycles. The minimum atomic E-state index is -5.25. The number of carbonyl (C=O) groups is 1. The number of halogens is 6. The van der Waals surface area contributed by atoms with Gasteiger partial charge in [0.2, 0.25) is 10.0 Å². The Morgan fingerprint density at radius 1 is 1.15 bits per heavy atom. The lowest BCUT2D eigenvalue weighted by molar-refractivity contribution is -0.205. The van der Waals surface area contributed by atoms with E-state index < -0.39 is 46.6 Å². The fraction of sp³-hybridized carbons (Fsp3) is 0.300. The van der Waals surface area contributed by atoms with Crippen molar-refractivity contribution in [3.63, 3.8) is 0 Å². The van der Waals surface area contributed by atoms with Crippen LogP contribution in [0.15, 0.2) is 41.3 Å². The quantitative estimate of drug-likeness (QED) is 0.386. The molecule has 2 aromatic carbocycles. The van der Waals surface area contributed by atoms with Crippen molar-refractivity contribution in [2.75, 3.05) is 26.3 Å². The SMILES string of the molecule is N#Cc1ccc(OCC2(COC(=O)C(F)(F)F)CN(S(=O)(=O)c3ccc(Cl)cc3Cl)C2)cc1F. The van der Waals surface area contributed by atoms with E-state index in [1.54, 1.807) is 6.07 Å². The Hall–Kier alpha value is -2.59. The molecule has 0 spiro atoms. The molecule has 0 aromatic heterocycles. The van der Waals surface area contributed by atoms with Crippen molar-refractivity contribution >= 4 is 39.2 Å². The molecule has 0 radical (unpaired) electrons. The molecule has 0 amide bonds. The highest BCUT2D eigenvalue weighted by atomic mass is 35.5. The number of carbonyl (C=O) groups excluding carboxylic acids is 1. The summed E-state index contributed by atoms with van der Waals surface area (Å²) in [6.07, 6.45) is -5.25. The molecule has 0 N–H and O–H groups in total. The van der Waals surface area contributed by atoms with E-state index in [4.69, 9.17) is 33.2 Å². The molecule has 0 saturated carbocycles. The lowest BCUT2D eigenvalue weighted by Crippen LogP contribution is -2.63. The maximum absolute atomic E-state index is 13.8. The Morgan fingerprint density at radius 2 is 1.82 bits per heavy atom. The van der Waals surface area contributed by atoms with Crippen LogP contribution >= 0.6 is 23.2 Å². The first-order chi connectivity index (χ1) is 15.8. The third kappa shape index (κ3) is 5.55. The van der Waals surface area contributed by atoms with Gasteiger partial charge in [0.05, 0.1) is 22.6 Å². The minimum Gasteiger partial charge on any atom is -0.493 e. The van der Waals surface area contributed by atoms with Crippen LogP contribution in [0.1, 0.15) is 5.56 Å². The molecule has 0 unspecified atom stereocenters. The topological polar surface area (TPSA) is 96.7 Å². The summed E-state index contributed by atoms with van der Waals surface area (Å²) >= 11 is 11.8. The molecule has 14 heteroatoms. The number of hydrogen-bond acceptors (Lipinski definition) is 6. The van der Waals surface area contributed by atoms with Crippen molar-refractivity contribution in [2.45, 2.75) is 11.1 Å². The monoisotopic (exact) mass is 540 g/mol. The predicted molar refractivity (Wildman–Crippen MR) is 111 cm³/mol. The van der Waals surface area contributed by atoms with Crippen LogP contribution in [0.3, 0.4) is 0 Å². The second kappa shape index (κ2) is 9.58. The highest BCUT2D eigenvalue weighted by Gasteiger charge is 2.52. The molecule has 1 aliphatic rings. The number of esters is 1. The van der Waals surface area contributed by atoms with Gasteiger partial charge in [-0.25, -0.2) is 17.6 Å². The molecule has 34 heavy (non-hydrogen) atoms. The summed E-state index contributed by atoms with van der Waals surface area (Å²) in [7, 11) is -4.16. The number of sulfonamides is 1. The zero-order valence-corrected chi connectivity index (χ0v) is 19.2. The Balaban J connectivity index is 1.79. The molecule has 7 nitrogen and oxygen atoms in total. The number of alkyl halides is 3. The normalized spacial score (nSPS) is 15.8. The van der Waals surface area contributed by atoms with Gasteiger partial charge in [-0.2, -0.15) is 22.7 Å². The molecular formula is C20H14Cl2F4N2O5S. The van der Waals surface area contributed by atoms with Gasteiger partial charge in [0.1, 0.15) is 29.1 Å². The second-order valence-corrected chi connectivity index (χ2v) is 10.2. The molecule has 182 valence electrons. The van der Waals surface area contributed by atoms with Gasteiger partial charge in [0.15, 0.2) is 0 Å². The fourth-order valence-corrected chi connectivity index (χ4v) is 5.54. The maximum Gasteiger partial charge on any atom is 0.490 e. The van der Waals surface area contributed by atoms with Crippen LogP contribution in [0.5, 0.6) is 5.75 Å². The maximum atomic E-state index is 13.8. The van der Waals surface area contributed by atoms with Crippen molar-refractivity contribution < 1.29 is 40.2 Å². The number of ether oxygens (including phenoxy) is 2. The van der Waals surface area contributed by atoms with E-state index in [1.165, 1.54) is 24.3 Å². The van der Waals surface area contributed by atoms with Gasteiger partial charge >= 0.3 is 12.1 Å². The highest BCUT2D eigenvalue weighted by molar-refractivity contribution is 7.89. The van der Waals surface area contributed by atoms with Crippen molar-refractivity contribution in [3.05, 3.63) is 57.8 Å². The molecule has 1 saturated heterocycles. The van der Waals surface area contributed by atoms with Gasteiger partial charge in [0.25, 0.3) is 0 Å². The Morgan fingerprint density at radius 3 is 2.38 bits per heavy atom. The zero-order chi connectivity index (χ0) is 25.3. The van der Waals surface area contributed by atoms with Crippen LogP contribution in [0.2, 0.25) is 10.0 Å².